The van der Waals surface area contributed by atoms with Crippen molar-refractivity contribution in [2.75, 3.05) is 5.75 Å². The molecule has 0 unspecified atom stereocenters. The molecule has 1 atom stereocenters. The van der Waals surface area contributed by atoms with Crippen molar-refractivity contribution in [3.8, 4) is 0 Å². The SMILES string of the molecule is Cc1cccc(CSCC(=O)N(Cc2cccc(Br)c2)[C@@H](C)C(=O)NC2CCCCC2)c1. The molecule has 0 heterocycles. The molecule has 1 aliphatic rings. The van der Waals surface area contributed by atoms with Crippen LogP contribution >= 0.6 is 27.7 Å². The summed E-state index contributed by atoms with van der Waals surface area (Å²) in [6.07, 6.45) is 5.63. The van der Waals surface area contributed by atoms with Crippen molar-refractivity contribution in [3.63, 3.8) is 0 Å². The van der Waals surface area contributed by atoms with Crippen molar-refractivity contribution in [2.24, 2.45) is 0 Å². The Morgan fingerprint density at radius 1 is 1.09 bits per heavy atom. The van der Waals surface area contributed by atoms with E-state index < -0.39 is 6.04 Å². The highest BCUT2D eigenvalue weighted by Crippen LogP contribution is 2.20. The molecule has 3 rings (SSSR count). The fourth-order valence-corrected chi connectivity index (χ4v) is 5.43. The quantitative estimate of drug-likeness (QED) is 0.454. The summed E-state index contributed by atoms with van der Waals surface area (Å²) in [5.74, 6) is 1.07. The first-order chi connectivity index (χ1) is 15.4. The average molecular weight is 518 g/mol. The molecule has 4 nitrogen and oxygen atoms in total. The van der Waals surface area contributed by atoms with Crippen LogP contribution in [0, 0.1) is 6.92 Å². The van der Waals surface area contributed by atoms with Crippen LogP contribution in [0.4, 0.5) is 0 Å². The maximum atomic E-state index is 13.2. The van der Waals surface area contributed by atoms with Gasteiger partial charge in [-0.25, -0.2) is 0 Å². The number of amides is 2. The third-order valence-electron chi connectivity index (χ3n) is 5.94. The number of nitrogens with one attached hydrogen (secondary N) is 1. The normalized spacial score (nSPS) is 15.2. The molecule has 2 aromatic rings. The molecule has 0 bridgehead atoms. The topological polar surface area (TPSA) is 49.4 Å². The Balaban J connectivity index is 1.65. The Morgan fingerprint density at radius 2 is 1.81 bits per heavy atom. The number of carbonyl (C=O) groups is 2. The molecule has 1 N–H and O–H groups in total. The molecule has 0 spiro atoms. The van der Waals surface area contributed by atoms with Crippen LogP contribution in [0.15, 0.2) is 53.0 Å². The van der Waals surface area contributed by atoms with Gasteiger partial charge in [-0.3, -0.25) is 9.59 Å². The molecule has 172 valence electrons. The van der Waals surface area contributed by atoms with Crippen molar-refractivity contribution in [2.45, 2.75) is 70.3 Å². The van der Waals surface area contributed by atoms with E-state index in [1.807, 2.05) is 37.3 Å². The summed E-state index contributed by atoms with van der Waals surface area (Å²) in [4.78, 5) is 28.0. The van der Waals surface area contributed by atoms with E-state index in [0.29, 0.717) is 12.3 Å². The van der Waals surface area contributed by atoms with Crippen LogP contribution in [0.25, 0.3) is 0 Å². The van der Waals surface area contributed by atoms with Gasteiger partial charge < -0.3 is 10.2 Å². The molecule has 2 amide bonds. The summed E-state index contributed by atoms with van der Waals surface area (Å²) in [5, 5.41) is 3.19. The third kappa shape index (κ3) is 7.66. The van der Waals surface area contributed by atoms with Gasteiger partial charge in [-0.2, -0.15) is 0 Å². The van der Waals surface area contributed by atoms with E-state index in [1.54, 1.807) is 16.7 Å². The number of rotatable bonds is 9. The Kier molecular flexibility index (Phi) is 9.67. The summed E-state index contributed by atoms with van der Waals surface area (Å²) in [6.45, 7) is 4.34. The van der Waals surface area contributed by atoms with E-state index in [2.05, 4.69) is 46.4 Å². The minimum absolute atomic E-state index is 0.00563. The van der Waals surface area contributed by atoms with E-state index in [9.17, 15) is 9.59 Å². The van der Waals surface area contributed by atoms with Gasteiger partial charge in [0.2, 0.25) is 11.8 Å². The Morgan fingerprint density at radius 3 is 2.53 bits per heavy atom. The van der Waals surface area contributed by atoms with Crippen LogP contribution in [0.5, 0.6) is 0 Å². The van der Waals surface area contributed by atoms with Gasteiger partial charge in [-0.05, 0) is 49.9 Å². The molecular weight excluding hydrogens is 484 g/mol. The lowest BCUT2D eigenvalue weighted by Gasteiger charge is -2.31. The zero-order valence-corrected chi connectivity index (χ0v) is 21.4. The molecule has 0 radical (unpaired) electrons. The summed E-state index contributed by atoms with van der Waals surface area (Å²) in [7, 11) is 0. The minimum Gasteiger partial charge on any atom is -0.352 e. The van der Waals surface area contributed by atoms with Gasteiger partial charge in [0, 0.05) is 22.8 Å². The second-order valence-electron chi connectivity index (χ2n) is 8.65. The van der Waals surface area contributed by atoms with Gasteiger partial charge in [0.1, 0.15) is 6.04 Å². The molecule has 6 heteroatoms. The molecule has 1 fully saturated rings. The lowest BCUT2D eigenvalue weighted by molar-refractivity contribution is -0.139. The first-order valence-electron chi connectivity index (χ1n) is 11.4. The van der Waals surface area contributed by atoms with Crippen molar-refractivity contribution >= 4 is 39.5 Å². The number of carbonyl (C=O) groups excluding carboxylic acids is 2. The van der Waals surface area contributed by atoms with Crippen LogP contribution in [-0.4, -0.2) is 34.6 Å². The van der Waals surface area contributed by atoms with Crippen LogP contribution in [0.1, 0.15) is 55.7 Å². The smallest absolute Gasteiger partial charge is 0.242 e. The molecule has 2 aromatic carbocycles. The lowest BCUT2D eigenvalue weighted by atomic mass is 9.95. The maximum absolute atomic E-state index is 13.2. The molecule has 32 heavy (non-hydrogen) atoms. The van der Waals surface area contributed by atoms with E-state index in [4.69, 9.17) is 0 Å². The summed E-state index contributed by atoms with van der Waals surface area (Å²) in [5.41, 5.74) is 3.44. The van der Waals surface area contributed by atoms with Gasteiger partial charge in [0.15, 0.2) is 0 Å². The van der Waals surface area contributed by atoms with E-state index in [0.717, 1.165) is 41.5 Å². The highest BCUT2D eigenvalue weighted by Gasteiger charge is 2.28. The number of thioether (sulfide) groups is 1. The van der Waals surface area contributed by atoms with E-state index in [-0.39, 0.29) is 17.9 Å². The summed E-state index contributed by atoms with van der Waals surface area (Å²) < 4.78 is 0.968. The van der Waals surface area contributed by atoms with Gasteiger partial charge in [0.05, 0.1) is 5.75 Å². The van der Waals surface area contributed by atoms with Crippen molar-refractivity contribution in [1.82, 2.24) is 10.2 Å². The minimum atomic E-state index is -0.511. The van der Waals surface area contributed by atoms with E-state index in [1.165, 1.54) is 17.5 Å². The van der Waals surface area contributed by atoms with Crippen molar-refractivity contribution in [1.29, 1.82) is 0 Å². The Labute approximate surface area is 204 Å². The van der Waals surface area contributed by atoms with E-state index >= 15 is 0 Å². The number of benzene rings is 2. The fourth-order valence-electron chi connectivity index (χ4n) is 4.12. The molecule has 0 saturated heterocycles. The number of halogens is 1. The second kappa shape index (κ2) is 12.4. The molecule has 0 aromatic heterocycles. The zero-order chi connectivity index (χ0) is 22.9. The number of aryl methyl sites for hydroxylation is 1. The van der Waals surface area contributed by atoms with Gasteiger partial charge in [-0.1, -0.05) is 77.2 Å². The molecule has 1 aliphatic carbocycles. The zero-order valence-electron chi connectivity index (χ0n) is 19.0. The van der Waals surface area contributed by atoms with Gasteiger partial charge in [0.25, 0.3) is 0 Å². The predicted molar refractivity (Wildman–Crippen MR) is 137 cm³/mol. The Bertz CT molecular complexity index is 914. The fraction of sp³-hybridized carbons (Fsp3) is 0.462. The number of nitrogens with zero attached hydrogens (tertiary/aromatic N) is 1. The van der Waals surface area contributed by atoms with Crippen LogP contribution in [0.3, 0.4) is 0 Å². The average Bonchev–Trinajstić information content (AvgIpc) is 2.77. The first-order valence-corrected chi connectivity index (χ1v) is 13.3. The van der Waals surface area contributed by atoms with Crippen LogP contribution in [0.2, 0.25) is 0 Å². The van der Waals surface area contributed by atoms with Crippen LogP contribution < -0.4 is 5.32 Å². The highest BCUT2D eigenvalue weighted by molar-refractivity contribution is 9.10. The maximum Gasteiger partial charge on any atom is 0.242 e. The van der Waals surface area contributed by atoms with Crippen molar-refractivity contribution in [3.05, 3.63) is 69.7 Å². The van der Waals surface area contributed by atoms with Gasteiger partial charge >= 0.3 is 0 Å². The van der Waals surface area contributed by atoms with Crippen molar-refractivity contribution < 1.29 is 9.59 Å². The van der Waals surface area contributed by atoms with Crippen LogP contribution in [-0.2, 0) is 21.9 Å². The summed E-state index contributed by atoms with van der Waals surface area (Å²) >= 11 is 5.11. The predicted octanol–water partition coefficient (Wildman–Crippen LogP) is 5.86. The molecule has 0 aliphatic heterocycles. The number of hydrogen-bond acceptors (Lipinski definition) is 3. The largest absolute Gasteiger partial charge is 0.352 e. The number of hydrogen-bond donors (Lipinski definition) is 1. The lowest BCUT2D eigenvalue weighted by Crippen LogP contribution is -2.50. The molecular formula is C26H33BrN2O2S. The Hall–Kier alpha value is -1.79. The molecule has 1 saturated carbocycles. The standard InChI is InChI=1S/C26H33BrN2O2S/c1-19-8-6-10-22(14-19)17-32-18-25(30)29(16-21-9-7-11-23(27)15-21)20(2)26(31)28-24-12-4-3-5-13-24/h6-11,14-15,20,24H,3-5,12-13,16-18H2,1-2H3,(H,28,31)/t20-/m0/s1. The highest BCUT2D eigenvalue weighted by atomic mass is 79.9. The van der Waals surface area contributed by atoms with Gasteiger partial charge in [-0.15, -0.1) is 11.8 Å². The first kappa shape index (κ1) is 24.8. The monoisotopic (exact) mass is 516 g/mol. The third-order valence-corrected chi connectivity index (χ3v) is 7.42. The second-order valence-corrected chi connectivity index (χ2v) is 10.6. The summed E-state index contributed by atoms with van der Waals surface area (Å²) in [6, 6.07) is 16.0.